The van der Waals surface area contributed by atoms with Gasteiger partial charge in [0.05, 0.1) is 29.7 Å². The summed E-state index contributed by atoms with van der Waals surface area (Å²) in [7, 11) is 1.54. The summed E-state index contributed by atoms with van der Waals surface area (Å²) < 4.78 is 8.55. The van der Waals surface area contributed by atoms with Crippen molar-refractivity contribution in [3.63, 3.8) is 0 Å². The first kappa shape index (κ1) is 25.0. The standard InChI is InChI=1S/C26H29N5O5/c1-7-21(32)19-13-28-31-20-14-29(25(35)36-26(3,4)5)15(2)12-18(20)24(34)30(23(19)31)17-10-8-16(9-11-17)22(33)27-6/h1,8-11,13,15,21,32H,12,14H2,2-6H3,(H,27,33). The summed E-state index contributed by atoms with van der Waals surface area (Å²) >= 11 is 0. The number of amides is 2. The quantitative estimate of drug-likeness (QED) is 0.543. The van der Waals surface area contributed by atoms with Gasteiger partial charge in [0.2, 0.25) is 0 Å². The number of aliphatic hydroxyl groups excluding tert-OH is 1. The molecule has 0 saturated heterocycles. The van der Waals surface area contributed by atoms with Crippen molar-refractivity contribution >= 4 is 17.6 Å². The van der Waals surface area contributed by atoms with Gasteiger partial charge in [0.1, 0.15) is 17.4 Å². The van der Waals surface area contributed by atoms with Gasteiger partial charge in [0.25, 0.3) is 11.5 Å². The number of aliphatic hydroxyl groups is 1. The molecule has 1 aromatic carbocycles. The molecule has 1 aliphatic heterocycles. The Morgan fingerprint density at radius 3 is 2.53 bits per heavy atom. The third-order valence-electron chi connectivity index (χ3n) is 6.10. The van der Waals surface area contributed by atoms with Crippen molar-refractivity contribution in [3.8, 4) is 18.0 Å². The third-order valence-corrected chi connectivity index (χ3v) is 6.10. The fourth-order valence-electron chi connectivity index (χ4n) is 4.34. The molecular formula is C26H29N5O5. The second-order valence-corrected chi connectivity index (χ2v) is 9.76. The highest BCUT2D eigenvalue weighted by atomic mass is 16.6. The summed E-state index contributed by atoms with van der Waals surface area (Å²) in [5, 5.41) is 17.5. The molecular weight excluding hydrogens is 462 g/mol. The maximum atomic E-state index is 13.9. The number of nitrogens with one attached hydrogen (secondary N) is 1. The summed E-state index contributed by atoms with van der Waals surface area (Å²) in [4.78, 5) is 40.3. The molecule has 2 atom stereocenters. The molecule has 0 radical (unpaired) electrons. The minimum absolute atomic E-state index is 0.0981. The average molecular weight is 492 g/mol. The Labute approximate surface area is 208 Å². The van der Waals surface area contributed by atoms with Crippen LogP contribution >= 0.6 is 0 Å². The number of fused-ring (bicyclic) bond motifs is 3. The summed E-state index contributed by atoms with van der Waals surface area (Å²) in [6.07, 6.45) is 5.40. The van der Waals surface area contributed by atoms with Gasteiger partial charge >= 0.3 is 6.09 Å². The second-order valence-electron chi connectivity index (χ2n) is 9.76. The van der Waals surface area contributed by atoms with E-state index in [1.165, 1.54) is 17.8 Å². The van der Waals surface area contributed by atoms with Gasteiger partial charge in [0, 0.05) is 30.6 Å². The summed E-state index contributed by atoms with van der Waals surface area (Å²) in [5.41, 5.74) is 1.50. The van der Waals surface area contributed by atoms with Gasteiger partial charge in [-0.1, -0.05) is 5.92 Å². The van der Waals surface area contributed by atoms with Crippen molar-refractivity contribution in [1.29, 1.82) is 0 Å². The van der Waals surface area contributed by atoms with Crippen LogP contribution in [-0.2, 0) is 17.7 Å². The van der Waals surface area contributed by atoms with Crippen LogP contribution in [0, 0.1) is 12.3 Å². The topological polar surface area (TPSA) is 118 Å². The highest BCUT2D eigenvalue weighted by Gasteiger charge is 2.35. The minimum Gasteiger partial charge on any atom is -0.444 e. The number of nitrogens with zero attached hydrogens (tertiary/aromatic N) is 4. The van der Waals surface area contributed by atoms with Gasteiger partial charge in [-0.3, -0.25) is 19.1 Å². The molecule has 0 bridgehead atoms. The lowest BCUT2D eigenvalue weighted by Crippen LogP contribution is -2.48. The Hall–Kier alpha value is -4.10. The molecule has 2 amide bonds. The van der Waals surface area contributed by atoms with Crippen molar-refractivity contribution < 1.29 is 19.4 Å². The van der Waals surface area contributed by atoms with Gasteiger partial charge in [0.15, 0.2) is 0 Å². The highest BCUT2D eigenvalue weighted by Crippen LogP contribution is 2.28. The first-order chi connectivity index (χ1) is 17.0. The highest BCUT2D eigenvalue weighted by molar-refractivity contribution is 5.94. The molecule has 10 nitrogen and oxygen atoms in total. The molecule has 0 aliphatic carbocycles. The number of benzene rings is 1. The summed E-state index contributed by atoms with van der Waals surface area (Å²) in [5.74, 6) is 2.02. The van der Waals surface area contributed by atoms with E-state index in [9.17, 15) is 19.5 Å². The monoisotopic (exact) mass is 491 g/mol. The van der Waals surface area contributed by atoms with Crippen molar-refractivity contribution in [2.24, 2.45) is 0 Å². The number of carbonyl (C=O) groups is 2. The molecule has 0 fully saturated rings. The van der Waals surface area contributed by atoms with Crippen LogP contribution in [0.4, 0.5) is 4.79 Å². The van der Waals surface area contributed by atoms with E-state index < -0.39 is 17.8 Å². The third kappa shape index (κ3) is 4.33. The SMILES string of the molecule is C#CC(O)c1cnn2c3c(c(=O)n(-c4ccc(C(=O)NC)cc4)c12)CC(C)N(C(=O)OC(C)(C)C)C3. The van der Waals surface area contributed by atoms with Crippen LogP contribution in [0.25, 0.3) is 11.3 Å². The molecule has 4 rings (SSSR count). The fourth-order valence-corrected chi connectivity index (χ4v) is 4.34. The van der Waals surface area contributed by atoms with Gasteiger partial charge in [-0.15, -0.1) is 6.42 Å². The fraction of sp³-hybridized carbons (Fsp3) is 0.385. The number of hydrogen-bond acceptors (Lipinski definition) is 6. The largest absolute Gasteiger partial charge is 0.444 e. The van der Waals surface area contributed by atoms with E-state index in [-0.39, 0.29) is 41.7 Å². The molecule has 0 spiro atoms. The van der Waals surface area contributed by atoms with Crippen LogP contribution in [0.1, 0.15) is 61.0 Å². The van der Waals surface area contributed by atoms with Crippen molar-refractivity contribution in [3.05, 3.63) is 63.2 Å². The second kappa shape index (κ2) is 9.17. The predicted octanol–water partition coefficient (Wildman–Crippen LogP) is 2.19. The lowest BCUT2D eigenvalue weighted by atomic mass is 9.99. The zero-order valence-electron chi connectivity index (χ0n) is 20.9. The molecule has 1 aliphatic rings. The van der Waals surface area contributed by atoms with Crippen LogP contribution in [-0.4, -0.2) is 54.9 Å². The van der Waals surface area contributed by atoms with Gasteiger partial charge in [-0.05, 0) is 52.0 Å². The van der Waals surface area contributed by atoms with E-state index in [0.29, 0.717) is 22.5 Å². The van der Waals surface area contributed by atoms with E-state index in [4.69, 9.17) is 11.2 Å². The number of hydrogen-bond donors (Lipinski definition) is 2. The minimum atomic E-state index is -1.30. The molecule has 10 heteroatoms. The van der Waals surface area contributed by atoms with E-state index in [2.05, 4.69) is 16.3 Å². The molecule has 3 heterocycles. The Kier molecular flexibility index (Phi) is 6.37. The zero-order valence-corrected chi connectivity index (χ0v) is 20.9. The number of aromatic nitrogens is 3. The van der Waals surface area contributed by atoms with Crippen LogP contribution in [0.5, 0.6) is 0 Å². The maximum Gasteiger partial charge on any atom is 0.410 e. The summed E-state index contributed by atoms with van der Waals surface area (Å²) in [6, 6.07) is 6.22. The number of terminal acetylenes is 1. The van der Waals surface area contributed by atoms with Crippen LogP contribution < -0.4 is 10.9 Å². The first-order valence-corrected chi connectivity index (χ1v) is 11.6. The molecule has 36 heavy (non-hydrogen) atoms. The van der Waals surface area contributed by atoms with Crippen molar-refractivity contribution in [2.45, 2.75) is 58.4 Å². The van der Waals surface area contributed by atoms with Gasteiger partial charge in [-0.2, -0.15) is 5.10 Å². The molecule has 0 saturated carbocycles. The molecule has 188 valence electrons. The lowest BCUT2D eigenvalue weighted by Gasteiger charge is -2.36. The Balaban J connectivity index is 1.93. The first-order valence-electron chi connectivity index (χ1n) is 11.6. The van der Waals surface area contributed by atoms with E-state index in [0.717, 1.165) is 0 Å². The Morgan fingerprint density at radius 1 is 1.28 bits per heavy atom. The number of ether oxygens (including phenoxy) is 1. The molecule has 2 aromatic heterocycles. The number of rotatable bonds is 3. The molecule has 2 N–H and O–H groups in total. The van der Waals surface area contributed by atoms with E-state index >= 15 is 0 Å². The summed E-state index contributed by atoms with van der Waals surface area (Å²) in [6.45, 7) is 7.33. The van der Waals surface area contributed by atoms with Gasteiger partial charge in [-0.25, -0.2) is 9.31 Å². The average Bonchev–Trinajstić information content (AvgIpc) is 3.27. The zero-order chi connectivity index (χ0) is 26.4. The van der Waals surface area contributed by atoms with Crippen LogP contribution in [0.2, 0.25) is 0 Å². The van der Waals surface area contributed by atoms with Crippen LogP contribution in [0.3, 0.4) is 0 Å². The van der Waals surface area contributed by atoms with Gasteiger partial charge < -0.3 is 15.2 Å². The lowest BCUT2D eigenvalue weighted by molar-refractivity contribution is 0.0131. The van der Waals surface area contributed by atoms with E-state index in [1.807, 2.05) is 6.92 Å². The molecule has 2 unspecified atom stereocenters. The normalized spacial score (nSPS) is 16.2. The predicted molar refractivity (Wildman–Crippen MR) is 133 cm³/mol. The van der Waals surface area contributed by atoms with Crippen molar-refractivity contribution in [2.75, 3.05) is 7.05 Å². The smallest absolute Gasteiger partial charge is 0.410 e. The Bertz CT molecular complexity index is 1440. The molecule has 3 aromatic rings. The Morgan fingerprint density at radius 2 is 1.94 bits per heavy atom. The van der Waals surface area contributed by atoms with Crippen molar-refractivity contribution in [1.82, 2.24) is 24.4 Å². The number of carbonyl (C=O) groups excluding carboxylic acids is 2. The maximum absolute atomic E-state index is 13.9. The van der Waals surface area contributed by atoms with E-state index in [1.54, 1.807) is 54.5 Å². The van der Waals surface area contributed by atoms with Crippen LogP contribution in [0.15, 0.2) is 35.3 Å².